The van der Waals surface area contributed by atoms with Gasteiger partial charge in [-0.2, -0.15) is 0 Å². The van der Waals surface area contributed by atoms with Gasteiger partial charge in [0.15, 0.2) is 0 Å². The minimum atomic E-state index is -0.592. The van der Waals surface area contributed by atoms with Crippen LogP contribution in [0.3, 0.4) is 0 Å². The summed E-state index contributed by atoms with van der Waals surface area (Å²) in [5.74, 6) is 0.596. The van der Waals surface area contributed by atoms with Gasteiger partial charge in [-0.3, -0.25) is 4.79 Å². The zero-order valence-electron chi connectivity index (χ0n) is 14.3. The van der Waals surface area contributed by atoms with E-state index in [0.29, 0.717) is 12.1 Å². The summed E-state index contributed by atoms with van der Waals surface area (Å²) in [4.78, 5) is 19.5. The number of carbonyl (C=O) groups is 1. The summed E-state index contributed by atoms with van der Waals surface area (Å²) >= 11 is 0. The molecule has 3 aromatic rings. The number of aromatic amines is 1. The Morgan fingerprint density at radius 3 is 2.92 bits per heavy atom. The zero-order chi connectivity index (χ0) is 17.9. The highest BCUT2D eigenvalue weighted by atomic mass is 16.5. The predicted molar refractivity (Wildman–Crippen MR) is 98.0 cm³/mol. The van der Waals surface area contributed by atoms with Crippen LogP contribution in [0.2, 0.25) is 0 Å². The first-order chi connectivity index (χ1) is 12.7. The molecule has 1 heterocycles. The molecular weight excluding hydrogens is 330 g/mol. The fraction of sp³-hybridized carbons (Fsp3) is 0.300. The van der Waals surface area contributed by atoms with Crippen molar-refractivity contribution in [1.82, 2.24) is 15.3 Å². The number of benzene rings is 2. The van der Waals surface area contributed by atoms with Crippen LogP contribution in [0.5, 0.6) is 5.75 Å². The average Bonchev–Trinajstić information content (AvgIpc) is 3.27. The molecule has 3 atom stereocenters. The molecule has 134 valence electrons. The molecule has 0 spiro atoms. The van der Waals surface area contributed by atoms with Crippen LogP contribution in [0, 0.1) is 5.92 Å². The first-order valence-corrected chi connectivity index (χ1v) is 8.82. The lowest BCUT2D eigenvalue weighted by molar-refractivity contribution is 0.0348. The number of rotatable bonds is 5. The Bertz CT molecular complexity index is 893. The van der Waals surface area contributed by atoms with Crippen molar-refractivity contribution in [3.8, 4) is 5.75 Å². The summed E-state index contributed by atoms with van der Waals surface area (Å²) in [6.07, 6.45) is 2.37. The van der Waals surface area contributed by atoms with Crippen molar-refractivity contribution in [2.45, 2.75) is 25.0 Å². The second-order valence-electron chi connectivity index (χ2n) is 6.64. The Morgan fingerprint density at radius 2 is 2.08 bits per heavy atom. The number of nitrogens with zero attached hydrogens (tertiary/aromatic N) is 1. The van der Waals surface area contributed by atoms with Gasteiger partial charge < -0.3 is 20.1 Å². The second-order valence-corrected chi connectivity index (χ2v) is 6.64. The molecule has 6 nitrogen and oxygen atoms in total. The van der Waals surface area contributed by atoms with Gasteiger partial charge in [0, 0.05) is 18.0 Å². The van der Waals surface area contributed by atoms with Crippen LogP contribution in [0.4, 0.5) is 0 Å². The highest BCUT2D eigenvalue weighted by Gasteiger charge is 2.36. The number of carbonyl (C=O) groups excluding carboxylic acids is 1. The largest absolute Gasteiger partial charge is 0.488 e. The molecule has 2 aromatic carbocycles. The number of aromatic nitrogens is 2. The van der Waals surface area contributed by atoms with Crippen LogP contribution in [0.15, 0.2) is 54.9 Å². The monoisotopic (exact) mass is 351 g/mol. The van der Waals surface area contributed by atoms with Crippen LogP contribution in [-0.4, -0.2) is 39.7 Å². The smallest absolute Gasteiger partial charge is 0.251 e. The van der Waals surface area contributed by atoms with E-state index in [-0.39, 0.29) is 17.9 Å². The van der Waals surface area contributed by atoms with Gasteiger partial charge >= 0.3 is 0 Å². The number of fused-ring (bicyclic) bond motifs is 1. The summed E-state index contributed by atoms with van der Waals surface area (Å²) in [6.45, 7) is 0.426. The van der Waals surface area contributed by atoms with Crippen molar-refractivity contribution in [1.29, 1.82) is 0 Å². The van der Waals surface area contributed by atoms with Gasteiger partial charge in [0.1, 0.15) is 11.9 Å². The molecule has 0 bridgehead atoms. The minimum absolute atomic E-state index is 0.0106. The van der Waals surface area contributed by atoms with Gasteiger partial charge in [-0.25, -0.2) is 4.98 Å². The summed E-state index contributed by atoms with van der Waals surface area (Å²) in [5.41, 5.74) is 2.23. The lowest BCUT2D eigenvalue weighted by Gasteiger charge is -2.21. The first-order valence-electron chi connectivity index (χ1n) is 8.82. The molecule has 1 fully saturated rings. The molecule has 1 aromatic heterocycles. The van der Waals surface area contributed by atoms with Crippen LogP contribution >= 0.6 is 0 Å². The van der Waals surface area contributed by atoms with Crippen molar-refractivity contribution in [2.75, 3.05) is 6.54 Å². The topological polar surface area (TPSA) is 87.2 Å². The highest BCUT2D eigenvalue weighted by molar-refractivity contribution is 5.97. The van der Waals surface area contributed by atoms with Crippen LogP contribution in [0.25, 0.3) is 11.0 Å². The third kappa shape index (κ3) is 3.41. The number of imidazole rings is 1. The Kier molecular flexibility index (Phi) is 4.58. The van der Waals surface area contributed by atoms with Gasteiger partial charge in [-0.05, 0) is 43.2 Å². The number of ether oxygens (including phenoxy) is 1. The molecular formula is C20H21N3O3. The van der Waals surface area contributed by atoms with Crippen molar-refractivity contribution >= 4 is 16.9 Å². The molecule has 1 aliphatic carbocycles. The number of aliphatic hydroxyl groups is 1. The average molecular weight is 351 g/mol. The number of para-hydroxylation sites is 1. The van der Waals surface area contributed by atoms with E-state index in [0.717, 1.165) is 29.6 Å². The van der Waals surface area contributed by atoms with Gasteiger partial charge in [-0.15, -0.1) is 0 Å². The zero-order valence-corrected chi connectivity index (χ0v) is 14.3. The van der Waals surface area contributed by atoms with E-state index >= 15 is 0 Å². The molecule has 0 radical (unpaired) electrons. The normalized spacial score (nSPS) is 22.4. The SMILES string of the molecule is O=C(NC[C@H]1CC[C@@H](Oc2ccccc2)[C@@H]1O)c1ccc2nc[nH]c2c1. The number of nitrogens with one attached hydrogen (secondary N) is 2. The van der Waals surface area contributed by atoms with E-state index < -0.39 is 6.10 Å². The number of aliphatic hydroxyl groups excluding tert-OH is 1. The standard InChI is InChI=1S/C20H21N3O3/c24-19-14(7-9-18(19)26-15-4-2-1-3-5-15)11-21-20(25)13-6-8-16-17(10-13)23-12-22-16/h1-6,8,10,12,14,18-19,24H,7,9,11H2,(H,21,25)(H,22,23)/t14-,18-,19-/m1/s1. The molecule has 6 heteroatoms. The van der Waals surface area contributed by atoms with Crippen LogP contribution < -0.4 is 10.1 Å². The molecule has 1 amide bonds. The minimum Gasteiger partial charge on any atom is -0.488 e. The molecule has 4 rings (SSSR count). The van der Waals surface area contributed by atoms with Crippen molar-refractivity contribution in [3.05, 3.63) is 60.4 Å². The number of hydrogen-bond acceptors (Lipinski definition) is 4. The third-order valence-electron chi connectivity index (χ3n) is 4.92. The van der Waals surface area contributed by atoms with Crippen molar-refractivity contribution in [3.63, 3.8) is 0 Å². The molecule has 3 N–H and O–H groups in total. The van der Waals surface area contributed by atoms with Crippen molar-refractivity contribution < 1.29 is 14.6 Å². The predicted octanol–water partition coefficient (Wildman–Crippen LogP) is 2.51. The molecule has 1 aliphatic rings. The summed E-state index contributed by atoms with van der Waals surface area (Å²) in [5, 5.41) is 13.4. The number of amides is 1. The molecule has 0 aliphatic heterocycles. The Hall–Kier alpha value is -2.86. The van der Waals surface area contributed by atoms with Crippen molar-refractivity contribution in [2.24, 2.45) is 5.92 Å². The Labute approximate surface area is 151 Å². The molecule has 1 saturated carbocycles. The third-order valence-corrected chi connectivity index (χ3v) is 4.92. The van der Waals surface area contributed by atoms with E-state index in [4.69, 9.17) is 4.74 Å². The van der Waals surface area contributed by atoms with E-state index in [1.165, 1.54) is 0 Å². The summed E-state index contributed by atoms with van der Waals surface area (Å²) < 4.78 is 5.87. The maximum absolute atomic E-state index is 12.4. The second kappa shape index (κ2) is 7.17. The Balaban J connectivity index is 1.33. The van der Waals surface area contributed by atoms with E-state index in [1.54, 1.807) is 18.5 Å². The van der Waals surface area contributed by atoms with Gasteiger partial charge in [0.2, 0.25) is 0 Å². The van der Waals surface area contributed by atoms with E-state index in [9.17, 15) is 9.90 Å². The molecule has 26 heavy (non-hydrogen) atoms. The lowest BCUT2D eigenvalue weighted by atomic mass is 10.1. The summed E-state index contributed by atoms with van der Waals surface area (Å²) in [6, 6.07) is 14.9. The first kappa shape index (κ1) is 16.6. The fourth-order valence-corrected chi connectivity index (χ4v) is 3.45. The van der Waals surface area contributed by atoms with Gasteiger partial charge in [-0.1, -0.05) is 18.2 Å². The highest BCUT2D eigenvalue weighted by Crippen LogP contribution is 2.29. The quantitative estimate of drug-likeness (QED) is 0.659. The molecule has 0 unspecified atom stereocenters. The van der Waals surface area contributed by atoms with E-state index in [1.807, 2.05) is 36.4 Å². The Morgan fingerprint density at radius 1 is 1.23 bits per heavy atom. The maximum Gasteiger partial charge on any atom is 0.251 e. The number of H-pyrrole nitrogens is 1. The molecule has 0 saturated heterocycles. The summed E-state index contributed by atoms with van der Waals surface area (Å²) in [7, 11) is 0. The van der Waals surface area contributed by atoms with Crippen LogP contribution in [-0.2, 0) is 0 Å². The lowest BCUT2D eigenvalue weighted by Crippen LogP contribution is -2.37. The van der Waals surface area contributed by atoms with Gasteiger partial charge in [0.25, 0.3) is 5.91 Å². The maximum atomic E-state index is 12.4. The van der Waals surface area contributed by atoms with Crippen LogP contribution in [0.1, 0.15) is 23.2 Å². The number of hydrogen-bond donors (Lipinski definition) is 3. The van der Waals surface area contributed by atoms with E-state index in [2.05, 4.69) is 15.3 Å². The fourth-order valence-electron chi connectivity index (χ4n) is 3.45. The van der Waals surface area contributed by atoms with Gasteiger partial charge in [0.05, 0.1) is 23.5 Å².